The standard InChI is InChI=1S/C15H24N2O2/c1-4-19-13-8-6-5-7-12(13)9-10-14(18)17-15(2,3)11-16/h5-8H,4,9-11,16H2,1-3H3,(H,17,18). The summed E-state index contributed by atoms with van der Waals surface area (Å²) in [5.41, 5.74) is 6.30. The zero-order chi connectivity index (χ0) is 14.3. The summed E-state index contributed by atoms with van der Waals surface area (Å²) < 4.78 is 5.54. The third-order valence-electron chi connectivity index (χ3n) is 2.88. The highest BCUT2D eigenvalue weighted by Crippen LogP contribution is 2.19. The van der Waals surface area contributed by atoms with Gasteiger partial charge in [0.2, 0.25) is 5.91 Å². The minimum Gasteiger partial charge on any atom is -0.494 e. The van der Waals surface area contributed by atoms with Crippen LogP contribution in [0.1, 0.15) is 32.8 Å². The molecule has 19 heavy (non-hydrogen) atoms. The summed E-state index contributed by atoms with van der Waals surface area (Å²) in [6, 6.07) is 7.82. The number of para-hydroxylation sites is 1. The third-order valence-corrected chi connectivity index (χ3v) is 2.88. The highest BCUT2D eigenvalue weighted by Gasteiger charge is 2.18. The molecule has 106 valence electrons. The summed E-state index contributed by atoms with van der Waals surface area (Å²) in [5.74, 6) is 0.873. The molecule has 0 heterocycles. The van der Waals surface area contributed by atoms with Crippen molar-refractivity contribution in [2.24, 2.45) is 5.73 Å². The molecule has 0 saturated carbocycles. The number of carbonyl (C=O) groups excluding carboxylic acids is 1. The van der Waals surface area contributed by atoms with Gasteiger partial charge in [-0.2, -0.15) is 0 Å². The Balaban J connectivity index is 2.55. The van der Waals surface area contributed by atoms with Gasteiger partial charge < -0.3 is 15.8 Å². The summed E-state index contributed by atoms with van der Waals surface area (Å²) in [4.78, 5) is 11.9. The van der Waals surface area contributed by atoms with Gasteiger partial charge in [0.1, 0.15) is 5.75 Å². The molecule has 0 aliphatic rings. The van der Waals surface area contributed by atoms with Crippen molar-refractivity contribution in [3.8, 4) is 5.75 Å². The smallest absolute Gasteiger partial charge is 0.220 e. The van der Waals surface area contributed by atoms with Crippen molar-refractivity contribution < 1.29 is 9.53 Å². The zero-order valence-electron chi connectivity index (χ0n) is 12.0. The van der Waals surface area contributed by atoms with Crippen LogP contribution < -0.4 is 15.8 Å². The van der Waals surface area contributed by atoms with E-state index in [0.717, 1.165) is 11.3 Å². The Kier molecular flexibility index (Phi) is 5.83. The van der Waals surface area contributed by atoms with Crippen molar-refractivity contribution in [2.75, 3.05) is 13.2 Å². The van der Waals surface area contributed by atoms with Crippen molar-refractivity contribution in [3.05, 3.63) is 29.8 Å². The van der Waals surface area contributed by atoms with Crippen molar-refractivity contribution in [2.45, 2.75) is 39.2 Å². The predicted octanol–water partition coefficient (Wildman–Crippen LogP) is 1.87. The van der Waals surface area contributed by atoms with Gasteiger partial charge >= 0.3 is 0 Å². The van der Waals surface area contributed by atoms with Gasteiger partial charge in [0.15, 0.2) is 0 Å². The van der Waals surface area contributed by atoms with Gasteiger partial charge in [-0.15, -0.1) is 0 Å². The second-order valence-electron chi connectivity index (χ2n) is 5.18. The quantitative estimate of drug-likeness (QED) is 0.790. The normalized spacial score (nSPS) is 11.2. The van der Waals surface area contributed by atoms with Crippen LogP contribution in [0.15, 0.2) is 24.3 Å². The molecule has 0 aliphatic heterocycles. The molecule has 1 amide bonds. The van der Waals surface area contributed by atoms with E-state index in [-0.39, 0.29) is 11.4 Å². The average molecular weight is 264 g/mol. The average Bonchev–Trinajstić information content (AvgIpc) is 2.38. The van der Waals surface area contributed by atoms with Crippen LogP contribution in [0.3, 0.4) is 0 Å². The molecule has 0 atom stereocenters. The first-order valence-electron chi connectivity index (χ1n) is 6.70. The van der Waals surface area contributed by atoms with E-state index in [1.165, 1.54) is 0 Å². The Hall–Kier alpha value is -1.55. The SMILES string of the molecule is CCOc1ccccc1CCC(=O)NC(C)(C)CN. The lowest BCUT2D eigenvalue weighted by Crippen LogP contribution is -2.48. The monoisotopic (exact) mass is 264 g/mol. The number of hydrogen-bond donors (Lipinski definition) is 2. The van der Waals surface area contributed by atoms with Gasteiger partial charge in [-0.1, -0.05) is 18.2 Å². The maximum atomic E-state index is 11.9. The van der Waals surface area contributed by atoms with Crippen LogP contribution in [0.2, 0.25) is 0 Å². The van der Waals surface area contributed by atoms with Crippen LogP contribution in [0.5, 0.6) is 5.75 Å². The van der Waals surface area contributed by atoms with E-state index < -0.39 is 0 Å². The Morgan fingerprint density at radius 1 is 1.37 bits per heavy atom. The van der Waals surface area contributed by atoms with Gasteiger partial charge in [-0.25, -0.2) is 0 Å². The van der Waals surface area contributed by atoms with E-state index >= 15 is 0 Å². The first kappa shape index (κ1) is 15.5. The number of ether oxygens (including phenoxy) is 1. The summed E-state index contributed by atoms with van der Waals surface area (Å²) >= 11 is 0. The van der Waals surface area contributed by atoms with Gasteiger partial charge in [-0.05, 0) is 38.8 Å². The van der Waals surface area contributed by atoms with Crippen LogP contribution in [-0.4, -0.2) is 24.6 Å². The van der Waals surface area contributed by atoms with Gasteiger partial charge in [0, 0.05) is 18.5 Å². The number of benzene rings is 1. The van der Waals surface area contributed by atoms with Crippen LogP contribution in [0.25, 0.3) is 0 Å². The van der Waals surface area contributed by atoms with E-state index in [1.54, 1.807) is 0 Å². The Labute approximate surface area is 115 Å². The van der Waals surface area contributed by atoms with Crippen LogP contribution in [0.4, 0.5) is 0 Å². The molecule has 4 nitrogen and oxygen atoms in total. The Bertz CT molecular complexity index is 416. The fraction of sp³-hybridized carbons (Fsp3) is 0.533. The molecule has 0 bridgehead atoms. The number of hydrogen-bond acceptors (Lipinski definition) is 3. The molecular weight excluding hydrogens is 240 g/mol. The number of amides is 1. The first-order valence-corrected chi connectivity index (χ1v) is 6.70. The summed E-state index contributed by atoms with van der Waals surface area (Å²) in [6.07, 6.45) is 1.11. The van der Waals surface area contributed by atoms with Gasteiger partial charge in [0.05, 0.1) is 6.61 Å². The summed E-state index contributed by atoms with van der Waals surface area (Å²) in [5, 5.41) is 2.92. The van der Waals surface area contributed by atoms with Crippen molar-refractivity contribution in [1.29, 1.82) is 0 Å². The largest absolute Gasteiger partial charge is 0.494 e. The number of aryl methyl sites for hydroxylation is 1. The lowest BCUT2D eigenvalue weighted by atomic mass is 10.0. The lowest BCUT2D eigenvalue weighted by Gasteiger charge is -2.24. The maximum absolute atomic E-state index is 11.9. The predicted molar refractivity (Wildman–Crippen MR) is 77.2 cm³/mol. The molecule has 1 aromatic carbocycles. The minimum atomic E-state index is -0.351. The first-order chi connectivity index (χ1) is 8.98. The third kappa shape index (κ3) is 5.30. The molecule has 0 radical (unpaired) electrons. The molecule has 1 rings (SSSR count). The number of rotatable bonds is 7. The van der Waals surface area contributed by atoms with Crippen LogP contribution >= 0.6 is 0 Å². The molecule has 4 heteroatoms. The molecule has 1 aromatic rings. The van der Waals surface area contributed by atoms with E-state index in [2.05, 4.69) is 5.32 Å². The molecular formula is C15H24N2O2. The van der Waals surface area contributed by atoms with E-state index in [4.69, 9.17) is 10.5 Å². The van der Waals surface area contributed by atoms with E-state index in [0.29, 0.717) is 26.0 Å². The van der Waals surface area contributed by atoms with Crippen molar-refractivity contribution in [1.82, 2.24) is 5.32 Å². The van der Waals surface area contributed by atoms with Gasteiger partial charge in [0.25, 0.3) is 0 Å². The second kappa shape index (κ2) is 7.14. The zero-order valence-corrected chi connectivity index (χ0v) is 12.0. The molecule has 0 unspecified atom stereocenters. The highest BCUT2D eigenvalue weighted by atomic mass is 16.5. The van der Waals surface area contributed by atoms with Gasteiger partial charge in [-0.3, -0.25) is 4.79 Å². The Morgan fingerprint density at radius 3 is 2.68 bits per heavy atom. The summed E-state index contributed by atoms with van der Waals surface area (Å²) in [6.45, 7) is 6.84. The number of carbonyl (C=O) groups is 1. The topological polar surface area (TPSA) is 64.3 Å². The fourth-order valence-electron chi connectivity index (χ4n) is 1.75. The van der Waals surface area contributed by atoms with Crippen molar-refractivity contribution >= 4 is 5.91 Å². The molecule has 0 spiro atoms. The van der Waals surface area contributed by atoms with Crippen molar-refractivity contribution in [3.63, 3.8) is 0 Å². The summed E-state index contributed by atoms with van der Waals surface area (Å²) in [7, 11) is 0. The second-order valence-corrected chi connectivity index (χ2v) is 5.18. The van der Waals surface area contributed by atoms with E-state index in [1.807, 2.05) is 45.0 Å². The van der Waals surface area contributed by atoms with Crippen LogP contribution in [-0.2, 0) is 11.2 Å². The Morgan fingerprint density at radius 2 is 2.05 bits per heavy atom. The number of nitrogens with two attached hydrogens (primary N) is 1. The molecule has 0 aliphatic carbocycles. The maximum Gasteiger partial charge on any atom is 0.220 e. The van der Waals surface area contributed by atoms with Crippen LogP contribution in [0, 0.1) is 0 Å². The fourth-order valence-corrected chi connectivity index (χ4v) is 1.75. The molecule has 0 saturated heterocycles. The van der Waals surface area contributed by atoms with E-state index in [9.17, 15) is 4.79 Å². The molecule has 0 aromatic heterocycles. The molecule has 0 fully saturated rings. The lowest BCUT2D eigenvalue weighted by molar-refractivity contribution is -0.122. The highest BCUT2D eigenvalue weighted by molar-refractivity contribution is 5.77. The number of nitrogens with one attached hydrogen (secondary N) is 1. The minimum absolute atomic E-state index is 0.0155. The molecule has 3 N–H and O–H groups in total.